The Kier molecular flexibility index (Phi) is 4.43. The minimum absolute atomic E-state index is 0.249. The van der Waals surface area contributed by atoms with Crippen LogP contribution in [0.4, 0.5) is 5.69 Å². The van der Waals surface area contributed by atoms with Crippen molar-refractivity contribution < 1.29 is 4.79 Å². The van der Waals surface area contributed by atoms with E-state index in [4.69, 9.17) is 16.9 Å². The molecule has 1 N–H and O–H groups in total. The number of rotatable bonds is 2. The number of hydrogen-bond donors (Lipinski definition) is 1. The van der Waals surface area contributed by atoms with Crippen molar-refractivity contribution in [3.05, 3.63) is 62.6 Å². The first-order valence-corrected chi connectivity index (χ1v) is 6.95. The van der Waals surface area contributed by atoms with E-state index < -0.39 is 0 Å². The summed E-state index contributed by atoms with van der Waals surface area (Å²) in [5.41, 5.74) is 2.54. The van der Waals surface area contributed by atoms with Gasteiger partial charge in [-0.3, -0.25) is 4.79 Å². The highest BCUT2D eigenvalue weighted by Gasteiger charge is 2.10. The predicted molar refractivity (Wildman–Crippen MR) is 83.0 cm³/mol. The maximum atomic E-state index is 12.2. The monoisotopic (exact) mass is 348 g/mol. The van der Waals surface area contributed by atoms with Gasteiger partial charge in [0.15, 0.2) is 0 Å². The molecule has 0 heterocycles. The smallest absolute Gasteiger partial charge is 0.255 e. The predicted octanol–water partition coefficient (Wildman–Crippen LogP) is 4.53. The van der Waals surface area contributed by atoms with Gasteiger partial charge < -0.3 is 5.32 Å². The summed E-state index contributed by atoms with van der Waals surface area (Å²) in [4.78, 5) is 12.2. The molecule has 2 aromatic carbocycles. The Bertz CT molecular complexity index is 702. The second kappa shape index (κ2) is 6.08. The molecule has 0 aromatic heterocycles. The zero-order valence-corrected chi connectivity index (χ0v) is 12.9. The number of amides is 1. The third kappa shape index (κ3) is 3.38. The van der Waals surface area contributed by atoms with E-state index in [1.807, 2.05) is 13.0 Å². The Morgan fingerprint density at radius 2 is 2.05 bits per heavy atom. The number of anilines is 1. The summed E-state index contributed by atoms with van der Waals surface area (Å²) in [5, 5.41) is 12.1. The van der Waals surface area contributed by atoms with Crippen LogP contribution in [0.1, 0.15) is 21.5 Å². The quantitative estimate of drug-likeness (QED) is 0.865. The third-order valence-electron chi connectivity index (χ3n) is 2.65. The number of halogens is 2. The summed E-state index contributed by atoms with van der Waals surface area (Å²) in [6.45, 7) is 1.88. The Hall–Kier alpha value is -1.83. The molecule has 100 valence electrons. The van der Waals surface area contributed by atoms with E-state index in [0.29, 0.717) is 26.3 Å². The number of nitrogens with one attached hydrogen (secondary N) is 1. The zero-order chi connectivity index (χ0) is 14.7. The average molecular weight is 350 g/mol. The van der Waals surface area contributed by atoms with Gasteiger partial charge in [-0.05, 0) is 64.8 Å². The highest BCUT2D eigenvalue weighted by atomic mass is 79.9. The van der Waals surface area contributed by atoms with Crippen molar-refractivity contribution in [2.24, 2.45) is 0 Å². The highest BCUT2D eigenvalue weighted by Crippen LogP contribution is 2.24. The van der Waals surface area contributed by atoms with E-state index in [1.165, 1.54) is 0 Å². The number of benzene rings is 2. The molecule has 0 radical (unpaired) electrons. The molecule has 0 unspecified atom stereocenters. The van der Waals surface area contributed by atoms with E-state index >= 15 is 0 Å². The van der Waals surface area contributed by atoms with Crippen LogP contribution in [0.3, 0.4) is 0 Å². The van der Waals surface area contributed by atoms with Gasteiger partial charge in [0.1, 0.15) is 0 Å². The summed E-state index contributed by atoms with van der Waals surface area (Å²) in [6, 6.07) is 12.2. The van der Waals surface area contributed by atoms with Crippen molar-refractivity contribution in [2.45, 2.75) is 6.92 Å². The molecule has 0 fully saturated rings. The minimum Gasteiger partial charge on any atom is -0.321 e. The molecule has 0 aliphatic heterocycles. The maximum Gasteiger partial charge on any atom is 0.255 e. The van der Waals surface area contributed by atoms with Gasteiger partial charge in [-0.1, -0.05) is 11.6 Å². The number of carbonyl (C=O) groups excluding carboxylic acids is 1. The molecule has 5 heteroatoms. The average Bonchev–Trinajstić information content (AvgIpc) is 2.39. The fourth-order valence-electron chi connectivity index (χ4n) is 1.75. The second-order valence-electron chi connectivity index (χ2n) is 4.28. The molecule has 2 rings (SSSR count). The second-order valence-corrected chi connectivity index (χ2v) is 5.57. The Morgan fingerprint density at radius 1 is 1.30 bits per heavy atom. The molecular weight excluding hydrogens is 340 g/mol. The largest absolute Gasteiger partial charge is 0.321 e. The lowest BCUT2D eigenvalue weighted by Gasteiger charge is -2.08. The summed E-state index contributed by atoms with van der Waals surface area (Å²) in [5.74, 6) is -0.249. The van der Waals surface area contributed by atoms with Crippen LogP contribution in [0.15, 0.2) is 40.9 Å². The normalized spacial score (nSPS) is 9.90. The highest BCUT2D eigenvalue weighted by molar-refractivity contribution is 9.10. The van der Waals surface area contributed by atoms with Crippen LogP contribution in [-0.4, -0.2) is 5.91 Å². The van der Waals surface area contributed by atoms with Gasteiger partial charge in [0, 0.05) is 15.1 Å². The van der Waals surface area contributed by atoms with Crippen LogP contribution in [0.2, 0.25) is 5.02 Å². The van der Waals surface area contributed by atoms with Crippen LogP contribution in [0.25, 0.3) is 0 Å². The lowest BCUT2D eigenvalue weighted by atomic mass is 10.1. The fourth-order valence-corrected chi connectivity index (χ4v) is 2.52. The van der Waals surface area contributed by atoms with E-state index in [0.717, 1.165) is 5.56 Å². The molecule has 0 saturated heterocycles. The molecule has 2 aromatic rings. The molecule has 0 aliphatic rings. The lowest BCUT2D eigenvalue weighted by Crippen LogP contribution is -2.12. The fraction of sp³-hybridized carbons (Fsp3) is 0.0667. The number of nitrogens with zero attached hydrogens (tertiary/aromatic N) is 1. The Morgan fingerprint density at radius 3 is 2.65 bits per heavy atom. The maximum absolute atomic E-state index is 12.2. The summed E-state index contributed by atoms with van der Waals surface area (Å²) in [6.07, 6.45) is 0. The minimum atomic E-state index is -0.249. The number of nitriles is 1. The van der Waals surface area contributed by atoms with E-state index in [1.54, 1.807) is 36.4 Å². The molecule has 0 aliphatic carbocycles. The van der Waals surface area contributed by atoms with Gasteiger partial charge in [-0.2, -0.15) is 5.26 Å². The van der Waals surface area contributed by atoms with E-state index in [2.05, 4.69) is 21.2 Å². The zero-order valence-electron chi connectivity index (χ0n) is 10.6. The SMILES string of the molecule is Cc1cc(Cl)cc(C(=O)Nc2ccc(C#N)cc2Br)c1. The molecule has 0 atom stereocenters. The van der Waals surface area contributed by atoms with Crippen molar-refractivity contribution in [3.8, 4) is 6.07 Å². The first-order chi connectivity index (χ1) is 9.49. The Labute approximate surface area is 130 Å². The first-order valence-electron chi connectivity index (χ1n) is 5.78. The molecule has 0 bridgehead atoms. The molecular formula is C15H10BrClN2O. The summed E-state index contributed by atoms with van der Waals surface area (Å²) in [7, 11) is 0. The molecule has 20 heavy (non-hydrogen) atoms. The van der Waals surface area contributed by atoms with Crippen LogP contribution >= 0.6 is 27.5 Å². The first kappa shape index (κ1) is 14.6. The van der Waals surface area contributed by atoms with Crippen molar-refractivity contribution in [2.75, 3.05) is 5.32 Å². The van der Waals surface area contributed by atoms with Gasteiger partial charge in [-0.15, -0.1) is 0 Å². The van der Waals surface area contributed by atoms with Crippen LogP contribution in [0, 0.1) is 18.3 Å². The van der Waals surface area contributed by atoms with Crippen LogP contribution in [0.5, 0.6) is 0 Å². The van der Waals surface area contributed by atoms with Gasteiger partial charge in [0.05, 0.1) is 17.3 Å². The summed E-state index contributed by atoms with van der Waals surface area (Å²) >= 11 is 9.27. The molecule has 3 nitrogen and oxygen atoms in total. The standard InChI is InChI=1S/C15H10BrClN2O/c1-9-4-11(7-12(17)5-9)15(20)19-14-3-2-10(8-18)6-13(14)16/h2-7H,1H3,(H,19,20). The molecule has 0 saturated carbocycles. The van der Waals surface area contributed by atoms with Gasteiger partial charge in [0.25, 0.3) is 5.91 Å². The topological polar surface area (TPSA) is 52.9 Å². The molecule has 0 spiro atoms. The van der Waals surface area contributed by atoms with E-state index in [-0.39, 0.29) is 5.91 Å². The van der Waals surface area contributed by atoms with Gasteiger partial charge in [-0.25, -0.2) is 0 Å². The van der Waals surface area contributed by atoms with Crippen molar-refractivity contribution in [1.29, 1.82) is 5.26 Å². The van der Waals surface area contributed by atoms with Crippen molar-refractivity contribution in [3.63, 3.8) is 0 Å². The van der Waals surface area contributed by atoms with Crippen LogP contribution < -0.4 is 5.32 Å². The van der Waals surface area contributed by atoms with E-state index in [9.17, 15) is 4.79 Å². The number of aryl methyl sites for hydroxylation is 1. The van der Waals surface area contributed by atoms with Crippen molar-refractivity contribution in [1.82, 2.24) is 0 Å². The molecule has 1 amide bonds. The Balaban J connectivity index is 2.26. The van der Waals surface area contributed by atoms with Crippen LogP contribution in [-0.2, 0) is 0 Å². The van der Waals surface area contributed by atoms with Crippen molar-refractivity contribution >= 4 is 39.1 Å². The lowest BCUT2D eigenvalue weighted by molar-refractivity contribution is 0.102. The third-order valence-corrected chi connectivity index (χ3v) is 3.53. The van der Waals surface area contributed by atoms with Gasteiger partial charge in [0.2, 0.25) is 0 Å². The number of carbonyl (C=O) groups is 1. The number of hydrogen-bond acceptors (Lipinski definition) is 2. The summed E-state index contributed by atoms with van der Waals surface area (Å²) < 4.78 is 0.656. The van der Waals surface area contributed by atoms with Gasteiger partial charge >= 0.3 is 0 Å².